The first kappa shape index (κ1) is 20.0. The Bertz CT molecular complexity index is 1230. The number of nitrogens with zero attached hydrogens (tertiary/aromatic N) is 5. The molecular formula is C26H26N5O+. The SMILES string of the molecule is CC1=C(c2cccnc2)N(C)CN1c1cccc(Oc2cccc([N+]3=NC=CC3C)c2)c1. The van der Waals surface area contributed by atoms with Gasteiger partial charge in [0.15, 0.2) is 0 Å². The summed E-state index contributed by atoms with van der Waals surface area (Å²) in [6.07, 6.45) is 7.62. The molecular weight excluding hydrogens is 398 g/mol. The van der Waals surface area contributed by atoms with E-state index in [1.54, 1.807) is 6.20 Å². The second kappa shape index (κ2) is 8.30. The predicted molar refractivity (Wildman–Crippen MR) is 126 cm³/mol. The molecule has 2 aliphatic rings. The zero-order valence-electron chi connectivity index (χ0n) is 18.5. The molecule has 2 aromatic carbocycles. The lowest BCUT2D eigenvalue weighted by Gasteiger charge is -2.21. The van der Waals surface area contributed by atoms with Crippen LogP contribution in [-0.2, 0) is 0 Å². The summed E-state index contributed by atoms with van der Waals surface area (Å²) in [7, 11) is 2.11. The molecule has 32 heavy (non-hydrogen) atoms. The molecule has 2 aliphatic heterocycles. The maximum Gasteiger partial charge on any atom is 0.236 e. The topological polar surface area (TPSA) is 44.0 Å². The maximum atomic E-state index is 6.23. The Kier molecular flexibility index (Phi) is 5.19. The molecule has 3 aromatic rings. The first-order valence-corrected chi connectivity index (χ1v) is 10.7. The molecule has 0 fully saturated rings. The summed E-state index contributed by atoms with van der Waals surface area (Å²) >= 11 is 0. The van der Waals surface area contributed by atoms with E-state index in [1.165, 1.54) is 11.4 Å². The van der Waals surface area contributed by atoms with Crippen molar-refractivity contribution >= 4 is 17.1 Å². The number of ether oxygens (including phenoxy) is 1. The molecule has 0 N–H and O–H groups in total. The Morgan fingerprint density at radius 1 is 1.03 bits per heavy atom. The first-order valence-electron chi connectivity index (χ1n) is 10.7. The molecule has 0 saturated heterocycles. The van der Waals surface area contributed by atoms with Gasteiger partial charge in [-0.25, -0.2) is 0 Å². The lowest BCUT2D eigenvalue weighted by Crippen LogP contribution is -2.24. The van der Waals surface area contributed by atoms with E-state index >= 15 is 0 Å². The fourth-order valence-electron chi connectivity index (χ4n) is 4.26. The van der Waals surface area contributed by atoms with Crippen LogP contribution in [0.15, 0.2) is 96.1 Å². The van der Waals surface area contributed by atoms with Crippen LogP contribution in [0.5, 0.6) is 11.5 Å². The highest BCUT2D eigenvalue weighted by molar-refractivity contribution is 5.74. The molecule has 1 aromatic heterocycles. The van der Waals surface area contributed by atoms with E-state index < -0.39 is 0 Å². The summed E-state index contributed by atoms with van der Waals surface area (Å²) in [5, 5.41) is 4.43. The van der Waals surface area contributed by atoms with Gasteiger partial charge in [-0.05, 0) is 42.4 Å². The van der Waals surface area contributed by atoms with Gasteiger partial charge >= 0.3 is 0 Å². The fourth-order valence-corrected chi connectivity index (χ4v) is 4.26. The highest BCUT2D eigenvalue weighted by Gasteiger charge is 2.26. The van der Waals surface area contributed by atoms with Crippen LogP contribution in [0.4, 0.5) is 11.4 Å². The van der Waals surface area contributed by atoms with Crippen LogP contribution < -0.4 is 9.64 Å². The third-order valence-corrected chi connectivity index (χ3v) is 5.81. The van der Waals surface area contributed by atoms with Crippen LogP contribution >= 0.6 is 0 Å². The van der Waals surface area contributed by atoms with Crippen LogP contribution in [0.25, 0.3) is 5.70 Å². The van der Waals surface area contributed by atoms with E-state index in [0.29, 0.717) is 0 Å². The number of allylic oxidation sites excluding steroid dienone is 1. The monoisotopic (exact) mass is 424 g/mol. The second-order valence-corrected chi connectivity index (χ2v) is 8.08. The number of hydrogen-bond acceptors (Lipinski definition) is 5. The van der Waals surface area contributed by atoms with Crippen molar-refractivity contribution in [1.82, 2.24) is 9.88 Å². The van der Waals surface area contributed by atoms with Gasteiger partial charge in [0, 0.05) is 61.5 Å². The van der Waals surface area contributed by atoms with E-state index in [0.717, 1.165) is 35.1 Å². The lowest BCUT2D eigenvalue weighted by molar-refractivity contribution is -0.526. The molecule has 5 rings (SSSR count). The third kappa shape index (κ3) is 3.75. The normalized spacial score (nSPS) is 17.8. The molecule has 6 heteroatoms. The Morgan fingerprint density at radius 2 is 1.84 bits per heavy atom. The number of pyridine rings is 1. The molecule has 3 heterocycles. The van der Waals surface area contributed by atoms with Gasteiger partial charge in [-0.1, -0.05) is 16.8 Å². The minimum absolute atomic E-state index is 0.240. The average molecular weight is 425 g/mol. The van der Waals surface area contributed by atoms with Crippen molar-refractivity contribution in [2.24, 2.45) is 5.11 Å². The van der Waals surface area contributed by atoms with E-state index in [1.807, 2.05) is 59.6 Å². The minimum Gasteiger partial charge on any atom is -0.457 e. The molecule has 0 saturated carbocycles. The van der Waals surface area contributed by atoms with Gasteiger partial charge in [0.25, 0.3) is 0 Å². The number of anilines is 1. The molecule has 1 atom stereocenters. The summed E-state index contributed by atoms with van der Waals surface area (Å²) in [5.41, 5.74) is 5.60. The third-order valence-electron chi connectivity index (χ3n) is 5.81. The predicted octanol–water partition coefficient (Wildman–Crippen LogP) is 5.98. The van der Waals surface area contributed by atoms with E-state index in [4.69, 9.17) is 4.74 Å². The molecule has 6 nitrogen and oxygen atoms in total. The largest absolute Gasteiger partial charge is 0.457 e. The van der Waals surface area contributed by atoms with Crippen LogP contribution in [0, 0.1) is 0 Å². The van der Waals surface area contributed by atoms with Crippen LogP contribution in [-0.4, -0.2) is 34.3 Å². The summed E-state index contributed by atoms with van der Waals surface area (Å²) in [6, 6.07) is 20.6. The lowest BCUT2D eigenvalue weighted by atomic mass is 10.1. The highest BCUT2D eigenvalue weighted by atomic mass is 16.5. The van der Waals surface area contributed by atoms with Gasteiger partial charge in [-0.3, -0.25) is 4.98 Å². The summed E-state index contributed by atoms with van der Waals surface area (Å²) in [4.78, 5) is 8.83. The van der Waals surface area contributed by atoms with Gasteiger partial charge < -0.3 is 14.5 Å². The summed E-state index contributed by atoms with van der Waals surface area (Å²) in [6.45, 7) is 5.04. The summed E-state index contributed by atoms with van der Waals surface area (Å²) < 4.78 is 8.22. The summed E-state index contributed by atoms with van der Waals surface area (Å²) in [5.74, 6) is 1.59. The Labute approximate surface area is 188 Å². The van der Waals surface area contributed by atoms with Crippen molar-refractivity contribution in [2.75, 3.05) is 18.6 Å². The van der Waals surface area contributed by atoms with E-state index in [9.17, 15) is 0 Å². The van der Waals surface area contributed by atoms with E-state index in [2.05, 4.69) is 65.1 Å². The van der Waals surface area contributed by atoms with Gasteiger partial charge in [-0.15, -0.1) is 0 Å². The molecule has 0 bridgehead atoms. The standard InChI is InChI=1S/C26H26N5O/c1-19-12-14-28-31(19)23-9-5-11-25(16-23)32-24-10-4-8-22(15-24)30-18-29(3)26(20(30)2)21-7-6-13-27-17-21/h4-17,19H,18H2,1-3H3/q+1. The van der Waals surface area contributed by atoms with Gasteiger partial charge in [0.2, 0.25) is 11.7 Å². The van der Waals surface area contributed by atoms with Crippen molar-refractivity contribution in [3.63, 3.8) is 0 Å². The quantitative estimate of drug-likeness (QED) is 0.472. The smallest absolute Gasteiger partial charge is 0.236 e. The van der Waals surface area contributed by atoms with E-state index in [-0.39, 0.29) is 6.04 Å². The van der Waals surface area contributed by atoms with Crippen molar-refractivity contribution < 1.29 is 9.43 Å². The average Bonchev–Trinajstić information content (AvgIpc) is 3.37. The molecule has 1 unspecified atom stereocenters. The van der Waals surface area contributed by atoms with Crippen molar-refractivity contribution in [2.45, 2.75) is 19.9 Å². The zero-order chi connectivity index (χ0) is 22.1. The zero-order valence-corrected chi connectivity index (χ0v) is 18.5. The Morgan fingerprint density at radius 3 is 2.59 bits per heavy atom. The number of benzene rings is 2. The number of azo groups is 2. The molecule has 160 valence electrons. The minimum atomic E-state index is 0.240. The van der Waals surface area contributed by atoms with Crippen LogP contribution in [0.3, 0.4) is 0 Å². The number of aromatic nitrogens is 1. The van der Waals surface area contributed by atoms with Gasteiger partial charge in [-0.2, -0.15) is 0 Å². The van der Waals surface area contributed by atoms with Crippen LogP contribution in [0.1, 0.15) is 19.4 Å². The van der Waals surface area contributed by atoms with Crippen LogP contribution in [0.2, 0.25) is 0 Å². The van der Waals surface area contributed by atoms with Crippen molar-refractivity contribution in [1.29, 1.82) is 0 Å². The molecule has 0 amide bonds. The number of hydrogen-bond donors (Lipinski definition) is 0. The van der Waals surface area contributed by atoms with Gasteiger partial charge in [0.05, 0.1) is 24.6 Å². The van der Waals surface area contributed by atoms with Crippen molar-refractivity contribution in [3.8, 4) is 11.5 Å². The Hall–Kier alpha value is -3.93. The maximum absolute atomic E-state index is 6.23. The molecule has 0 radical (unpaired) electrons. The Balaban J connectivity index is 1.40. The highest BCUT2D eigenvalue weighted by Crippen LogP contribution is 2.36. The first-order chi connectivity index (χ1) is 15.6. The van der Waals surface area contributed by atoms with Gasteiger partial charge in [0.1, 0.15) is 11.5 Å². The second-order valence-electron chi connectivity index (χ2n) is 8.08. The van der Waals surface area contributed by atoms with Crippen molar-refractivity contribution in [3.05, 3.63) is 96.6 Å². The number of rotatable bonds is 5. The molecule has 0 aliphatic carbocycles. The fraction of sp³-hybridized carbons (Fsp3) is 0.192. The molecule has 0 spiro atoms.